The molecule has 0 fully saturated rings. The van der Waals surface area contributed by atoms with Gasteiger partial charge in [-0.1, -0.05) is 39.8 Å². The Morgan fingerprint density at radius 2 is 1.70 bits per heavy atom. The van der Waals surface area contributed by atoms with Crippen molar-refractivity contribution in [2.75, 3.05) is 27.2 Å². The molecule has 1 aromatic carbocycles. The van der Waals surface area contributed by atoms with Crippen LogP contribution in [0.1, 0.15) is 85.5 Å². The number of nitrogens with zero attached hydrogens (tertiary/aromatic N) is 1. The Kier molecular flexibility index (Phi) is 6.47. The van der Waals surface area contributed by atoms with Crippen LogP contribution in [0.25, 0.3) is 0 Å². The third kappa shape index (κ3) is 4.97. The Labute approximate surface area is 182 Å². The molecule has 0 saturated heterocycles. The summed E-state index contributed by atoms with van der Waals surface area (Å²) >= 11 is 0. The number of amides is 1. The van der Waals surface area contributed by atoms with Crippen LogP contribution in [0, 0.1) is 6.92 Å². The summed E-state index contributed by atoms with van der Waals surface area (Å²) in [5.41, 5.74) is 5.93. The molecular weight excluding hydrogens is 372 g/mol. The SMILES string of the molecule is Cc1cc2c(cc1Cc1ccc(C(=O)NCCCN(C)C)o1)C(C)(C)CCC2(C)C. The minimum Gasteiger partial charge on any atom is -0.456 e. The van der Waals surface area contributed by atoms with Crippen molar-refractivity contribution >= 4 is 5.91 Å². The third-order valence-corrected chi connectivity index (χ3v) is 6.63. The first-order valence-electron chi connectivity index (χ1n) is 11.2. The van der Waals surface area contributed by atoms with Gasteiger partial charge in [0.15, 0.2) is 5.76 Å². The molecule has 0 aliphatic heterocycles. The number of furan rings is 1. The van der Waals surface area contributed by atoms with Gasteiger partial charge in [0.2, 0.25) is 0 Å². The predicted octanol–water partition coefficient (Wildman–Crippen LogP) is 5.21. The van der Waals surface area contributed by atoms with Gasteiger partial charge in [0.1, 0.15) is 5.76 Å². The van der Waals surface area contributed by atoms with E-state index in [2.05, 4.69) is 57.0 Å². The molecular formula is C26H38N2O2. The van der Waals surface area contributed by atoms with Crippen molar-refractivity contribution < 1.29 is 9.21 Å². The molecule has 1 heterocycles. The number of carbonyl (C=O) groups is 1. The van der Waals surface area contributed by atoms with Crippen LogP contribution < -0.4 is 5.32 Å². The van der Waals surface area contributed by atoms with E-state index in [4.69, 9.17) is 4.42 Å². The van der Waals surface area contributed by atoms with Gasteiger partial charge >= 0.3 is 0 Å². The number of hydrogen-bond donors (Lipinski definition) is 1. The first-order valence-corrected chi connectivity index (χ1v) is 11.2. The molecule has 1 aliphatic rings. The minimum absolute atomic E-state index is 0.134. The Morgan fingerprint density at radius 3 is 2.33 bits per heavy atom. The van der Waals surface area contributed by atoms with Gasteiger partial charge in [-0.3, -0.25) is 4.79 Å². The Bertz CT molecular complexity index is 906. The molecule has 0 bridgehead atoms. The number of rotatable bonds is 7. The van der Waals surface area contributed by atoms with Gasteiger partial charge in [0.05, 0.1) is 0 Å². The Balaban J connectivity index is 1.74. The Hall–Kier alpha value is -2.07. The number of carbonyl (C=O) groups excluding carboxylic acids is 1. The van der Waals surface area contributed by atoms with E-state index in [-0.39, 0.29) is 16.7 Å². The fourth-order valence-electron chi connectivity index (χ4n) is 4.42. The summed E-state index contributed by atoms with van der Waals surface area (Å²) in [4.78, 5) is 14.5. The number of nitrogens with one attached hydrogen (secondary N) is 1. The second-order valence-corrected chi connectivity index (χ2v) is 10.4. The van der Waals surface area contributed by atoms with Crippen molar-refractivity contribution in [3.8, 4) is 0 Å². The quantitative estimate of drug-likeness (QED) is 0.637. The van der Waals surface area contributed by atoms with E-state index in [0.717, 1.165) is 18.7 Å². The third-order valence-electron chi connectivity index (χ3n) is 6.63. The number of fused-ring (bicyclic) bond motifs is 1. The van der Waals surface area contributed by atoms with Crippen LogP contribution in [-0.2, 0) is 17.3 Å². The van der Waals surface area contributed by atoms with Gasteiger partial charge in [0, 0.05) is 13.0 Å². The lowest BCUT2D eigenvalue weighted by Crippen LogP contribution is -2.34. The van der Waals surface area contributed by atoms with E-state index < -0.39 is 0 Å². The van der Waals surface area contributed by atoms with Crippen LogP contribution in [0.4, 0.5) is 0 Å². The standard InChI is InChI=1S/C26H38N2O2/c1-18-15-21-22(26(4,5)12-11-25(21,2)3)17-19(18)16-20-9-10-23(30-20)24(29)27-13-8-14-28(6)7/h9-10,15,17H,8,11-14,16H2,1-7H3,(H,27,29). The summed E-state index contributed by atoms with van der Waals surface area (Å²) in [7, 11) is 4.07. The molecule has 0 atom stereocenters. The highest BCUT2D eigenvalue weighted by atomic mass is 16.3. The number of aryl methyl sites for hydroxylation is 1. The van der Waals surface area contributed by atoms with Gasteiger partial charge in [-0.25, -0.2) is 0 Å². The lowest BCUT2D eigenvalue weighted by molar-refractivity contribution is 0.0923. The van der Waals surface area contributed by atoms with Crippen molar-refractivity contribution in [2.45, 2.75) is 71.1 Å². The lowest BCUT2D eigenvalue weighted by atomic mass is 9.62. The molecule has 30 heavy (non-hydrogen) atoms. The smallest absolute Gasteiger partial charge is 0.286 e. The van der Waals surface area contributed by atoms with Gasteiger partial charge in [-0.05, 0) is 92.0 Å². The summed E-state index contributed by atoms with van der Waals surface area (Å²) in [6.07, 6.45) is 4.06. The van der Waals surface area contributed by atoms with Gasteiger partial charge in [-0.15, -0.1) is 0 Å². The fourth-order valence-corrected chi connectivity index (χ4v) is 4.42. The second-order valence-electron chi connectivity index (χ2n) is 10.4. The summed E-state index contributed by atoms with van der Waals surface area (Å²) in [5.74, 6) is 1.10. The summed E-state index contributed by atoms with van der Waals surface area (Å²) in [6.45, 7) is 13.2. The summed E-state index contributed by atoms with van der Waals surface area (Å²) in [5, 5.41) is 2.94. The molecule has 0 radical (unpaired) electrons. The fraction of sp³-hybridized carbons (Fsp3) is 0.577. The van der Waals surface area contributed by atoms with E-state index in [0.29, 0.717) is 18.7 Å². The summed E-state index contributed by atoms with van der Waals surface area (Å²) in [6, 6.07) is 8.49. The van der Waals surface area contributed by atoms with E-state index in [1.54, 1.807) is 6.07 Å². The zero-order valence-corrected chi connectivity index (χ0v) is 19.8. The minimum atomic E-state index is -0.134. The molecule has 0 spiro atoms. The van der Waals surface area contributed by atoms with Crippen molar-refractivity contribution in [3.63, 3.8) is 0 Å². The molecule has 1 amide bonds. The van der Waals surface area contributed by atoms with E-state index in [1.165, 1.54) is 35.1 Å². The van der Waals surface area contributed by atoms with Crippen LogP contribution in [0.3, 0.4) is 0 Å². The molecule has 1 N–H and O–H groups in total. The normalized spacial score (nSPS) is 17.1. The largest absolute Gasteiger partial charge is 0.456 e. The van der Waals surface area contributed by atoms with Gasteiger partial charge < -0.3 is 14.6 Å². The molecule has 2 aromatic rings. The average Bonchev–Trinajstić information content (AvgIpc) is 3.12. The number of benzene rings is 1. The molecule has 0 saturated carbocycles. The summed E-state index contributed by atoms with van der Waals surface area (Å²) < 4.78 is 5.90. The van der Waals surface area contributed by atoms with E-state index in [9.17, 15) is 4.79 Å². The maximum atomic E-state index is 12.4. The number of hydrogen-bond acceptors (Lipinski definition) is 3. The van der Waals surface area contributed by atoms with Crippen molar-refractivity contribution in [2.24, 2.45) is 0 Å². The second kappa shape index (κ2) is 8.58. The van der Waals surface area contributed by atoms with Crippen molar-refractivity contribution in [3.05, 3.63) is 58.0 Å². The van der Waals surface area contributed by atoms with Gasteiger partial charge in [-0.2, -0.15) is 0 Å². The highest BCUT2D eigenvalue weighted by Crippen LogP contribution is 2.46. The highest BCUT2D eigenvalue weighted by Gasteiger charge is 2.37. The van der Waals surface area contributed by atoms with Crippen LogP contribution in [-0.4, -0.2) is 38.0 Å². The average molecular weight is 411 g/mol. The molecule has 1 aliphatic carbocycles. The van der Waals surface area contributed by atoms with Crippen LogP contribution >= 0.6 is 0 Å². The molecule has 3 rings (SSSR count). The molecule has 164 valence electrons. The monoisotopic (exact) mass is 410 g/mol. The van der Waals surface area contributed by atoms with Crippen LogP contribution in [0.15, 0.2) is 28.7 Å². The van der Waals surface area contributed by atoms with E-state index in [1.807, 2.05) is 20.2 Å². The molecule has 0 unspecified atom stereocenters. The molecule has 1 aromatic heterocycles. The topological polar surface area (TPSA) is 45.5 Å². The van der Waals surface area contributed by atoms with Crippen LogP contribution in [0.5, 0.6) is 0 Å². The van der Waals surface area contributed by atoms with Crippen molar-refractivity contribution in [1.29, 1.82) is 0 Å². The maximum absolute atomic E-state index is 12.4. The molecule has 4 heteroatoms. The Morgan fingerprint density at radius 1 is 1.07 bits per heavy atom. The maximum Gasteiger partial charge on any atom is 0.286 e. The molecule has 4 nitrogen and oxygen atoms in total. The first-order chi connectivity index (χ1) is 14.0. The highest BCUT2D eigenvalue weighted by molar-refractivity contribution is 5.91. The lowest BCUT2D eigenvalue weighted by Gasteiger charge is -2.42. The van der Waals surface area contributed by atoms with Gasteiger partial charge in [0.25, 0.3) is 5.91 Å². The van der Waals surface area contributed by atoms with Crippen molar-refractivity contribution in [1.82, 2.24) is 10.2 Å². The first kappa shape index (κ1) is 22.6. The van der Waals surface area contributed by atoms with E-state index >= 15 is 0 Å². The zero-order chi connectivity index (χ0) is 22.1. The van der Waals surface area contributed by atoms with Crippen LogP contribution in [0.2, 0.25) is 0 Å². The zero-order valence-electron chi connectivity index (χ0n) is 19.8. The predicted molar refractivity (Wildman–Crippen MR) is 123 cm³/mol.